The molecule has 0 aliphatic carbocycles. The van der Waals surface area contributed by atoms with Crippen LogP contribution in [0.5, 0.6) is 5.75 Å². The van der Waals surface area contributed by atoms with Gasteiger partial charge in [0.15, 0.2) is 0 Å². The fourth-order valence-electron chi connectivity index (χ4n) is 2.55. The number of nitrogens with two attached hydrogens (primary N) is 1. The molecule has 3 aromatic carbocycles. The van der Waals surface area contributed by atoms with E-state index < -0.39 is 16.0 Å². The molecule has 0 fully saturated rings. The molecule has 0 radical (unpaired) electrons. The third-order valence-corrected chi connectivity index (χ3v) is 4.90. The topological polar surface area (TPSA) is 130 Å². The molecule has 0 unspecified atom stereocenters. The van der Waals surface area contributed by atoms with Crippen LogP contribution in [0.15, 0.2) is 53.4 Å². The minimum absolute atomic E-state index is 0.0390. The molecule has 134 valence electrons. The molecule has 0 spiro atoms. The number of aryl methyl sites for hydroxylation is 1. The SMILES string of the molecule is Cc1ccc(C(=O)Nc2c(O)ccc3ccc(S(=O)(=O)O)cc23)cc1N. The Morgan fingerprint density at radius 2 is 1.77 bits per heavy atom. The van der Waals surface area contributed by atoms with Crippen molar-refractivity contribution in [3.8, 4) is 5.75 Å². The van der Waals surface area contributed by atoms with Crippen molar-refractivity contribution in [2.75, 3.05) is 11.1 Å². The lowest BCUT2D eigenvalue weighted by Gasteiger charge is -2.12. The van der Waals surface area contributed by atoms with E-state index in [4.69, 9.17) is 5.73 Å². The summed E-state index contributed by atoms with van der Waals surface area (Å²) >= 11 is 0. The number of amides is 1. The number of nitrogen functional groups attached to an aromatic ring is 1. The highest BCUT2D eigenvalue weighted by Gasteiger charge is 2.16. The van der Waals surface area contributed by atoms with Crippen molar-refractivity contribution in [2.24, 2.45) is 0 Å². The van der Waals surface area contributed by atoms with Crippen LogP contribution in [-0.4, -0.2) is 24.0 Å². The van der Waals surface area contributed by atoms with Crippen molar-refractivity contribution >= 4 is 38.2 Å². The van der Waals surface area contributed by atoms with Gasteiger partial charge in [-0.2, -0.15) is 8.42 Å². The molecule has 7 nitrogen and oxygen atoms in total. The fraction of sp³-hybridized carbons (Fsp3) is 0.0556. The van der Waals surface area contributed by atoms with Crippen molar-refractivity contribution in [1.29, 1.82) is 0 Å². The average Bonchev–Trinajstić information content (AvgIpc) is 2.58. The van der Waals surface area contributed by atoms with Crippen LogP contribution < -0.4 is 11.1 Å². The minimum atomic E-state index is -4.43. The first-order valence-corrected chi connectivity index (χ1v) is 9.01. The number of hydrogen-bond donors (Lipinski definition) is 4. The van der Waals surface area contributed by atoms with Crippen LogP contribution in [0.25, 0.3) is 10.8 Å². The van der Waals surface area contributed by atoms with Gasteiger partial charge < -0.3 is 16.2 Å². The van der Waals surface area contributed by atoms with E-state index in [1.165, 1.54) is 30.3 Å². The maximum Gasteiger partial charge on any atom is 0.294 e. The van der Waals surface area contributed by atoms with Gasteiger partial charge in [-0.15, -0.1) is 0 Å². The number of phenolic OH excluding ortho intramolecular Hbond substituents is 1. The fourth-order valence-corrected chi connectivity index (χ4v) is 3.05. The molecule has 0 saturated heterocycles. The van der Waals surface area contributed by atoms with Crippen LogP contribution in [0, 0.1) is 6.92 Å². The molecular formula is C18H16N2O5S. The molecule has 0 bridgehead atoms. The molecule has 5 N–H and O–H groups in total. The Labute approximate surface area is 149 Å². The Morgan fingerprint density at radius 3 is 2.42 bits per heavy atom. The second-order valence-electron chi connectivity index (χ2n) is 5.84. The molecule has 0 heterocycles. The Balaban J connectivity index is 2.09. The van der Waals surface area contributed by atoms with E-state index in [1.807, 2.05) is 6.92 Å². The number of nitrogens with one attached hydrogen (secondary N) is 1. The molecule has 8 heteroatoms. The molecule has 0 atom stereocenters. The van der Waals surface area contributed by atoms with Gasteiger partial charge in [-0.05, 0) is 48.2 Å². The van der Waals surface area contributed by atoms with E-state index >= 15 is 0 Å². The maximum atomic E-state index is 12.5. The number of phenols is 1. The predicted octanol–water partition coefficient (Wildman–Crippen LogP) is 2.94. The van der Waals surface area contributed by atoms with Gasteiger partial charge in [0.05, 0.1) is 10.6 Å². The third-order valence-electron chi connectivity index (χ3n) is 4.05. The summed E-state index contributed by atoms with van der Waals surface area (Å²) in [7, 11) is -4.43. The zero-order chi connectivity index (χ0) is 19.1. The van der Waals surface area contributed by atoms with E-state index in [0.29, 0.717) is 11.1 Å². The highest BCUT2D eigenvalue weighted by Crippen LogP contribution is 2.34. The number of benzene rings is 3. The normalized spacial score (nSPS) is 11.5. The molecule has 0 aliphatic heterocycles. The zero-order valence-corrected chi connectivity index (χ0v) is 14.5. The summed E-state index contributed by atoms with van der Waals surface area (Å²) in [6.45, 7) is 1.81. The van der Waals surface area contributed by atoms with Crippen molar-refractivity contribution < 1.29 is 22.9 Å². The van der Waals surface area contributed by atoms with Crippen LogP contribution in [0.2, 0.25) is 0 Å². The van der Waals surface area contributed by atoms with Crippen LogP contribution in [0.1, 0.15) is 15.9 Å². The van der Waals surface area contributed by atoms with Gasteiger partial charge in [-0.1, -0.05) is 18.2 Å². The summed E-state index contributed by atoms with van der Waals surface area (Å²) in [6.07, 6.45) is 0. The molecule has 0 aromatic heterocycles. The van der Waals surface area contributed by atoms with Gasteiger partial charge in [0.25, 0.3) is 16.0 Å². The Morgan fingerprint density at radius 1 is 1.08 bits per heavy atom. The molecule has 26 heavy (non-hydrogen) atoms. The second kappa shape index (κ2) is 6.32. The van der Waals surface area contributed by atoms with Crippen molar-refractivity contribution in [1.82, 2.24) is 0 Å². The molecular weight excluding hydrogens is 356 g/mol. The monoisotopic (exact) mass is 372 g/mol. The summed E-state index contributed by atoms with van der Waals surface area (Å²) in [6, 6.07) is 11.6. The number of carbonyl (C=O) groups is 1. The lowest BCUT2D eigenvalue weighted by molar-refractivity contribution is 0.102. The summed E-state index contributed by atoms with van der Waals surface area (Å²) in [5, 5.41) is 13.6. The highest BCUT2D eigenvalue weighted by molar-refractivity contribution is 7.85. The van der Waals surface area contributed by atoms with Crippen LogP contribution >= 0.6 is 0 Å². The highest BCUT2D eigenvalue weighted by atomic mass is 32.2. The summed E-state index contributed by atoms with van der Waals surface area (Å²) < 4.78 is 32.0. The van der Waals surface area contributed by atoms with E-state index in [0.717, 1.165) is 5.56 Å². The molecule has 1 amide bonds. The number of rotatable bonds is 3. The van der Waals surface area contributed by atoms with Crippen LogP contribution in [0.4, 0.5) is 11.4 Å². The van der Waals surface area contributed by atoms with Crippen LogP contribution in [-0.2, 0) is 10.1 Å². The van der Waals surface area contributed by atoms with E-state index in [2.05, 4.69) is 5.32 Å². The number of anilines is 2. The van der Waals surface area contributed by atoms with Crippen LogP contribution in [0.3, 0.4) is 0 Å². The summed E-state index contributed by atoms with van der Waals surface area (Å²) in [5.74, 6) is -0.754. The molecule has 3 aromatic rings. The third kappa shape index (κ3) is 3.32. The summed E-state index contributed by atoms with van der Waals surface area (Å²) in [5.41, 5.74) is 7.42. The quantitative estimate of drug-likeness (QED) is 0.318. The van der Waals surface area contributed by atoms with Crippen molar-refractivity contribution in [3.63, 3.8) is 0 Å². The number of hydrogen-bond acceptors (Lipinski definition) is 5. The van der Waals surface area contributed by atoms with Gasteiger partial charge >= 0.3 is 0 Å². The number of fused-ring (bicyclic) bond motifs is 1. The molecule has 3 rings (SSSR count). The first-order chi connectivity index (χ1) is 12.2. The van der Waals surface area contributed by atoms with Gasteiger partial charge in [0, 0.05) is 16.6 Å². The number of aromatic hydroxyl groups is 1. The standard InChI is InChI=1S/C18H16N2O5S/c1-10-2-3-12(8-15(10)19)18(22)20-17-14-9-13(26(23,24)25)6-4-11(14)5-7-16(17)21/h2-9,21H,19H2,1H3,(H,20,22)(H,23,24,25). The first-order valence-electron chi connectivity index (χ1n) is 7.57. The number of carbonyl (C=O) groups excluding carboxylic acids is 1. The smallest absolute Gasteiger partial charge is 0.294 e. The van der Waals surface area contributed by atoms with E-state index in [1.54, 1.807) is 18.2 Å². The average molecular weight is 372 g/mol. The lowest BCUT2D eigenvalue weighted by atomic mass is 10.1. The largest absolute Gasteiger partial charge is 0.506 e. The van der Waals surface area contributed by atoms with E-state index in [-0.39, 0.29) is 27.3 Å². The zero-order valence-electron chi connectivity index (χ0n) is 13.7. The Hall–Kier alpha value is -3.10. The van der Waals surface area contributed by atoms with E-state index in [9.17, 15) is 22.9 Å². The Kier molecular flexibility index (Phi) is 4.31. The van der Waals surface area contributed by atoms with Gasteiger partial charge in [-0.25, -0.2) is 0 Å². The summed E-state index contributed by atoms with van der Waals surface area (Å²) in [4.78, 5) is 12.2. The minimum Gasteiger partial charge on any atom is -0.506 e. The second-order valence-corrected chi connectivity index (χ2v) is 7.26. The lowest BCUT2D eigenvalue weighted by Crippen LogP contribution is -2.13. The predicted molar refractivity (Wildman–Crippen MR) is 99.0 cm³/mol. The molecule has 0 aliphatic rings. The first kappa shape index (κ1) is 17.7. The van der Waals surface area contributed by atoms with Gasteiger partial charge in [-0.3, -0.25) is 9.35 Å². The van der Waals surface area contributed by atoms with Gasteiger partial charge in [0.1, 0.15) is 5.75 Å². The molecule has 0 saturated carbocycles. The van der Waals surface area contributed by atoms with Crippen molar-refractivity contribution in [3.05, 3.63) is 59.7 Å². The maximum absolute atomic E-state index is 12.5. The Bertz CT molecular complexity index is 1140. The van der Waals surface area contributed by atoms with Gasteiger partial charge in [0.2, 0.25) is 0 Å². The van der Waals surface area contributed by atoms with Crippen molar-refractivity contribution in [2.45, 2.75) is 11.8 Å².